The Balaban J connectivity index is 1.75. The number of hydrogen-bond acceptors (Lipinski definition) is 6. The average molecular weight is 635 g/mol. The molecule has 2 aromatic carbocycles. The minimum Gasteiger partial charge on any atom is -0.407 e. The van der Waals surface area contributed by atoms with Gasteiger partial charge in [0.1, 0.15) is 12.4 Å². The highest BCUT2D eigenvalue weighted by Crippen LogP contribution is 2.53. The van der Waals surface area contributed by atoms with Crippen LogP contribution in [-0.4, -0.2) is 59.7 Å². The lowest BCUT2D eigenvalue weighted by atomic mass is 9.68. The van der Waals surface area contributed by atoms with Crippen LogP contribution in [0.5, 0.6) is 0 Å². The van der Waals surface area contributed by atoms with Crippen molar-refractivity contribution in [3.05, 3.63) is 71.8 Å². The van der Waals surface area contributed by atoms with E-state index in [0.717, 1.165) is 17.6 Å². The predicted molar refractivity (Wildman–Crippen MR) is 182 cm³/mol. The molecule has 7 heteroatoms. The summed E-state index contributed by atoms with van der Waals surface area (Å²) in [5, 5.41) is 2.29. The van der Waals surface area contributed by atoms with E-state index in [0.29, 0.717) is 25.9 Å². The topological polar surface area (TPSA) is 71.1 Å². The van der Waals surface area contributed by atoms with Gasteiger partial charge in [-0.15, -0.1) is 0 Å². The summed E-state index contributed by atoms with van der Waals surface area (Å²) in [6, 6.07) is 21.3. The second-order valence-corrected chi connectivity index (χ2v) is 19.0. The van der Waals surface area contributed by atoms with E-state index in [-0.39, 0.29) is 41.8 Å². The van der Waals surface area contributed by atoms with Crippen LogP contribution >= 0.6 is 0 Å². The van der Waals surface area contributed by atoms with Crippen LogP contribution in [0.1, 0.15) is 74.1 Å². The van der Waals surface area contributed by atoms with Crippen molar-refractivity contribution in [3.8, 4) is 0 Å². The highest BCUT2D eigenvalue weighted by molar-refractivity contribution is 6.99. The molecule has 0 radical (unpaired) electrons. The summed E-state index contributed by atoms with van der Waals surface area (Å²) in [6.45, 7) is 15.6. The maximum Gasteiger partial charge on any atom is 0.261 e. The first-order valence-corrected chi connectivity index (χ1v) is 18.3. The van der Waals surface area contributed by atoms with Crippen molar-refractivity contribution < 1.29 is 28.2 Å². The van der Waals surface area contributed by atoms with Crippen LogP contribution in [-0.2, 0) is 28.2 Å². The molecule has 0 unspecified atom stereocenters. The molecule has 0 spiro atoms. The van der Waals surface area contributed by atoms with Crippen molar-refractivity contribution in [1.29, 1.82) is 0 Å². The highest BCUT2D eigenvalue weighted by atomic mass is 28.4. The number of carbonyl (C=O) groups excluding carboxylic acids is 2. The first kappa shape index (κ1) is 35.4. The molecule has 0 aliphatic heterocycles. The number of Topliss-reactive ketones (excluding diaryl/α,β-unsaturated/α-hetero) is 2. The van der Waals surface area contributed by atoms with Gasteiger partial charge in [-0.05, 0) is 79.3 Å². The zero-order valence-corrected chi connectivity index (χ0v) is 29.9. The fourth-order valence-electron chi connectivity index (χ4n) is 8.09. The van der Waals surface area contributed by atoms with Crippen LogP contribution in [0.2, 0.25) is 5.04 Å². The molecule has 4 rings (SSSR count). The molecule has 2 aliphatic rings. The summed E-state index contributed by atoms with van der Waals surface area (Å²) >= 11 is 0. The molecule has 0 aromatic heterocycles. The minimum absolute atomic E-state index is 0.0218. The summed E-state index contributed by atoms with van der Waals surface area (Å²) in [7, 11) is 0.457. The normalized spacial score (nSPS) is 26.3. The maximum absolute atomic E-state index is 14.9. The van der Waals surface area contributed by atoms with Gasteiger partial charge in [0.25, 0.3) is 8.32 Å². The van der Waals surface area contributed by atoms with E-state index < -0.39 is 25.3 Å². The molecular weight excluding hydrogens is 580 g/mol. The Morgan fingerprint density at radius 1 is 0.956 bits per heavy atom. The van der Waals surface area contributed by atoms with Gasteiger partial charge >= 0.3 is 0 Å². The summed E-state index contributed by atoms with van der Waals surface area (Å²) in [4.78, 5) is 28.7. The number of methoxy groups -OCH3 is 2. The van der Waals surface area contributed by atoms with Gasteiger partial charge in [-0.3, -0.25) is 9.59 Å². The van der Waals surface area contributed by atoms with Crippen LogP contribution in [0.3, 0.4) is 0 Å². The van der Waals surface area contributed by atoms with E-state index in [1.807, 2.05) is 20.8 Å². The average Bonchev–Trinajstić information content (AvgIpc) is 3.54. The van der Waals surface area contributed by atoms with Crippen molar-refractivity contribution in [2.75, 3.05) is 34.2 Å². The fourth-order valence-corrected chi connectivity index (χ4v) is 12.8. The second kappa shape index (κ2) is 14.1. The van der Waals surface area contributed by atoms with Gasteiger partial charge in [-0.25, -0.2) is 0 Å². The molecule has 0 N–H and O–H groups in total. The Hall–Kier alpha value is -2.42. The summed E-state index contributed by atoms with van der Waals surface area (Å²) < 4.78 is 24.9. The predicted octanol–water partition coefficient (Wildman–Crippen LogP) is 6.51. The molecule has 5 atom stereocenters. The molecule has 0 bridgehead atoms. The minimum atomic E-state index is -2.78. The lowest BCUT2D eigenvalue weighted by molar-refractivity contribution is -0.183. The standard InChI is InChI=1S/C38H54O6Si/c1-27(2)31-20-22-37(7,34(31)39)35(40)33-32(21-23-38(33,25-41-8)43-26-42-9)28(3)24-44-45(36(4,5)6,29-16-12-10-13-17-29)30-18-14-11-15-19-30/h10-19,28,32-33H,20-26H2,1-9H3/t28-,32-,33+,37-,38-/m0/s1. The monoisotopic (exact) mass is 634 g/mol. The SMILES string of the molecule is COCO[C@]1(COC)CC[C@@H]([C@@H](C)CO[Si](c2ccccc2)(c2ccccc2)C(C)(C)C)[C@@H]1C(=O)[C@@]1(C)CCC(=C(C)C)C1=O. The van der Waals surface area contributed by atoms with Gasteiger partial charge < -0.3 is 18.6 Å². The van der Waals surface area contributed by atoms with Gasteiger partial charge in [0, 0.05) is 20.8 Å². The second-order valence-electron chi connectivity index (χ2n) is 14.7. The molecule has 2 fully saturated rings. The van der Waals surface area contributed by atoms with Crippen molar-refractivity contribution in [2.45, 2.75) is 84.8 Å². The molecule has 6 nitrogen and oxygen atoms in total. The number of hydrogen-bond donors (Lipinski definition) is 0. The van der Waals surface area contributed by atoms with Gasteiger partial charge in [0.15, 0.2) is 11.6 Å². The van der Waals surface area contributed by atoms with E-state index >= 15 is 0 Å². The number of carbonyl (C=O) groups is 2. The third kappa shape index (κ3) is 6.57. The maximum atomic E-state index is 14.9. The van der Waals surface area contributed by atoms with Crippen molar-refractivity contribution >= 4 is 30.3 Å². The van der Waals surface area contributed by atoms with Crippen molar-refractivity contribution in [3.63, 3.8) is 0 Å². The first-order valence-electron chi connectivity index (χ1n) is 16.4. The Labute approximate surface area is 272 Å². The Kier molecular flexibility index (Phi) is 11.1. The Bertz CT molecular complexity index is 1310. The fraction of sp³-hybridized carbons (Fsp3) is 0.579. The Morgan fingerprint density at radius 2 is 1.53 bits per heavy atom. The number of allylic oxidation sites excluding steroid dienone is 2. The number of benzene rings is 2. The van der Waals surface area contributed by atoms with E-state index in [4.69, 9.17) is 18.6 Å². The quantitative estimate of drug-likeness (QED) is 0.108. The van der Waals surface area contributed by atoms with Gasteiger partial charge in [0.05, 0.1) is 17.9 Å². The number of ketones is 2. The highest BCUT2D eigenvalue weighted by Gasteiger charge is 2.61. The molecule has 0 saturated heterocycles. The molecule has 0 heterocycles. The molecule has 246 valence electrons. The van der Waals surface area contributed by atoms with E-state index in [2.05, 4.69) is 88.4 Å². The third-order valence-corrected chi connectivity index (χ3v) is 15.5. The lowest BCUT2D eigenvalue weighted by Crippen LogP contribution is -2.67. The molecule has 2 aliphatic carbocycles. The van der Waals surface area contributed by atoms with E-state index in [1.165, 1.54) is 10.4 Å². The van der Waals surface area contributed by atoms with Crippen LogP contribution in [0.25, 0.3) is 0 Å². The van der Waals surface area contributed by atoms with Crippen LogP contribution in [0.15, 0.2) is 71.8 Å². The molecule has 2 saturated carbocycles. The van der Waals surface area contributed by atoms with Crippen LogP contribution < -0.4 is 10.4 Å². The van der Waals surface area contributed by atoms with Crippen molar-refractivity contribution in [1.82, 2.24) is 0 Å². The van der Waals surface area contributed by atoms with Gasteiger partial charge in [-0.2, -0.15) is 0 Å². The van der Waals surface area contributed by atoms with Crippen LogP contribution in [0, 0.1) is 23.2 Å². The first-order chi connectivity index (χ1) is 21.3. The van der Waals surface area contributed by atoms with Gasteiger partial charge in [-0.1, -0.05) is 93.9 Å². The molecule has 0 amide bonds. The largest absolute Gasteiger partial charge is 0.407 e. The summed E-state index contributed by atoms with van der Waals surface area (Å²) in [5.74, 6) is -0.628. The number of ether oxygens (including phenoxy) is 3. The molecule has 2 aromatic rings. The molecule has 45 heavy (non-hydrogen) atoms. The summed E-state index contributed by atoms with van der Waals surface area (Å²) in [6.07, 6.45) is 2.57. The lowest BCUT2D eigenvalue weighted by Gasteiger charge is -2.44. The zero-order valence-electron chi connectivity index (χ0n) is 28.9. The zero-order chi connectivity index (χ0) is 33.0. The van der Waals surface area contributed by atoms with E-state index in [9.17, 15) is 9.59 Å². The van der Waals surface area contributed by atoms with Gasteiger partial charge in [0.2, 0.25) is 0 Å². The van der Waals surface area contributed by atoms with E-state index in [1.54, 1.807) is 14.2 Å². The van der Waals surface area contributed by atoms with Crippen LogP contribution in [0.4, 0.5) is 0 Å². The summed E-state index contributed by atoms with van der Waals surface area (Å²) in [5.41, 5.74) is -0.188. The molecular formula is C38H54O6Si. The third-order valence-electron chi connectivity index (χ3n) is 10.5. The smallest absolute Gasteiger partial charge is 0.261 e. The number of rotatable bonds is 13. The van der Waals surface area contributed by atoms with Crippen molar-refractivity contribution in [2.24, 2.45) is 23.2 Å². The Morgan fingerprint density at radius 3 is 2.00 bits per heavy atom.